The molecule has 0 saturated heterocycles. The molecule has 2 heterocycles. The van der Waals surface area contributed by atoms with Crippen LogP contribution in [0.4, 0.5) is 0 Å². The van der Waals surface area contributed by atoms with Crippen LogP contribution in [-0.4, -0.2) is 33.9 Å². The number of aryl methyl sites for hydroxylation is 2. The number of ether oxygens (including phenoxy) is 1. The average molecular weight is 475 g/mol. The second kappa shape index (κ2) is 9.11. The van der Waals surface area contributed by atoms with E-state index in [2.05, 4.69) is 15.5 Å². The van der Waals surface area contributed by atoms with E-state index in [-0.39, 0.29) is 11.3 Å². The van der Waals surface area contributed by atoms with Gasteiger partial charge in [0.05, 0.1) is 24.4 Å². The standard InChI is InChI=1S/C25H22N4O4S/c1-33-20-11-15(9-10-19(20)30)13-27-28-23(31)16-5-4-6-17(12-16)29-14-26-24-22(25(29)32)18-7-2-3-8-21(18)34-24/h4-6,9-14,30H,2-3,7-8H2,1H3,(H,28,31)/b27-13+. The van der Waals surface area contributed by atoms with E-state index in [0.717, 1.165) is 36.1 Å². The van der Waals surface area contributed by atoms with Crippen molar-refractivity contribution in [2.45, 2.75) is 25.7 Å². The van der Waals surface area contributed by atoms with Gasteiger partial charge in [0.2, 0.25) is 0 Å². The van der Waals surface area contributed by atoms with E-state index in [9.17, 15) is 14.7 Å². The topological polar surface area (TPSA) is 106 Å². The van der Waals surface area contributed by atoms with Crippen molar-refractivity contribution in [3.8, 4) is 17.2 Å². The SMILES string of the molecule is COc1cc(/C=N/NC(=O)c2cccc(-n3cnc4sc5c(c4c3=O)CCCC5)c2)ccc1O. The lowest BCUT2D eigenvalue weighted by atomic mass is 9.97. The molecule has 0 bridgehead atoms. The molecule has 0 aliphatic heterocycles. The smallest absolute Gasteiger partial charge is 0.271 e. The molecule has 9 heteroatoms. The third-order valence-corrected chi connectivity index (χ3v) is 7.05. The van der Waals surface area contributed by atoms with Gasteiger partial charge in [0.1, 0.15) is 11.2 Å². The summed E-state index contributed by atoms with van der Waals surface area (Å²) in [5, 5.41) is 14.4. The molecule has 5 rings (SSSR count). The van der Waals surface area contributed by atoms with Gasteiger partial charge in [0.25, 0.3) is 11.5 Å². The van der Waals surface area contributed by atoms with Gasteiger partial charge in [-0.05, 0) is 73.2 Å². The lowest BCUT2D eigenvalue weighted by Gasteiger charge is -2.11. The molecule has 2 aromatic carbocycles. The number of carbonyl (C=O) groups is 1. The van der Waals surface area contributed by atoms with Crippen molar-refractivity contribution in [1.82, 2.24) is 15.0 Å². The van der Waals surface area contributed by atoms with E-state index >= 15 is 0 Å². The van der Waals surface area contributed by atoms with Gasteiger partial charge in [-0.25, -0.2) is 10.4 Å². The monoisotopic (exact) mass is 474 g/mol. The number of rotatable bonds is 5. The number of phenolic OH excluding ortho intramolecular Hbond substituents is 1. The van der Waals surface area contributed by atoms with Crippen LogP contribution in [0.25, 0.3) is 15.9 Å². The molecule has 172 valence electrons. The van der Waals surface area contributed by atoms with Gasteiger partial charge in [-0.1, -0.05) is 6.07 Å². The molecule has 4 aromatic rings. The van der Waals surface area contributed by atoms with Crippen LogP contribution in [0.15, 0.2) is 58.7 Å². The van der Waals surface area contributed by atoms with Crippen molar-refractivity contribution in [3.63, 3.8) is 0 Å². The van der Waals surface area contributed by atoms with Gasteiger partial charge in [-0.15, -0.1) is 11.3 Å². The van der Waals surface area contributed by atoms with E-state index in [1.807, 2.05) is 0 Å². The predicted octanol–water partition coefficient (Wildman–Crippen LogP) is 3.80. The normalized spacial score (nSPS) is 13.2. The quantitative estimate of drug-likeness (QED) is 0.338. The summed E-state index contributed by atoms with van der Waals surface area (Å²) in [4.78, 5) is 32.6. The van der Waals surface area contributed by atoms with Crippen LogP contribution in [0, 0.1) is 0 Å². The molecule has 0 atom stereocenters. The van der Waals surface area contributed by atoms with Crippen LogP contribution in [0.3, 0.4) is 0 Å². The third-order valence-electron chi connectivity index (χ3n) is 5.85. The number of carbonyl (C=O) groups excluding carboxylic acids is 1. The van der Waals surface area contributed by atoms with Crippen LogP contribution in [-0.2, 0) is 12.8 Å². The Bertz CT molecular complexity index is 1490. The fourth-order valence-corrected chi connectivity index (χ4v) is 5.35. The molecule has 0 unspecified atom stereocenters. The maximum atomic E-state index is 13.3. The minimum Gasteiger partial charge on any atom is -0.504 e. The van der Waals surface area contributed by atoms with Crippen molar-refractivity contribution >= 4 is 33.7 Å². The molecule has 1 amide bonds. The van der Waals surface area contributed by atoms with Gasteiger partial charge in [0.15, 0.2) is 11.5 Å². The highest BCUT2D eigenvalue weighted by Gasteiger charge is 2.20. The molecule has 2 N–H and O–H groups in total. The van der Waals surface area contributed by atoms with Crippen LogP contribution in [0.5, 0.6) is 11.5 Å². The number of hydrogen-bond donors (Lipinski definition) is 2. The Labute approximate surface area is 199 Å². The fourth-order valence-electron chi connectivity index (χ4n) is 4.13. The van der Waals surface area contributed by atoms with Crippen molar-refractivity contribution in [2.75, 3.05) is 7.11 Å². The Morgan fingerprint density at radius 3 is 2.94 bits per heavy atom. The third kappa shape index (κ3) is 4.06. The number of thiophene rings is 1. The van der Waals surface area contributed by atoms with Crippen LogP contribution < -0.4 is 15.7 Å². The van der Waals surface area contributed by atoms with Gasteiger partial charge in [-0.3, -0.25) is 14.2 Å². The number of hydrogen-bond acceptors (Lipinski definition) is 7. The highest BCUT2D eigenvalue weighted by molar-refractivity contribution is 7.18. The summed E-state index contributed by atoms with van der Waals surface area (Å²) < 4.78 is 6.56. The number of hydrazone groups is 1. The van der Waals surface area contributed by atoms with Gasteiger partial charge >= 0.3 is 0 Å². The number of aromatic hydroxyl groups is 1. The molecule has 0 fully saturated rings. The number of amides is 1. The number of benzene rings is 2. The van der Waals surface area contributed by atoms with Crippen molar-refractivity contribution in [2.24, 2.45) is 5.10 Å². The lowest BCUT2D eigenvalue weighted by molar-refractivity contribution is 0.0955. The van der Waals surface area contributed by atoms with Gasteiger partial charge in [-0.2, -0.15) is 5.10 Å². The zero-order chi connectivity index (χ0) is 23.7. The summed E-state index contributed by atoms with van der Waals surface area (Å²) in [6.07, 6.45) is 7.12. The van der Waals surface area contributed by atoms with E-state index in [1.54, 1.807) is 47.7 Å². The molecule has 8 nitrogen and oxygen atoms in total. The second-order valence-corrected chi connectivity index (χ2v) is 9.08. The average Bonchev–Trinajstić information content (AvgIpc) is 3.25. The summed E-state index contributed by atoms with van der Waals surface area (Å²) in [7, 11) is 1.45. The number of methoxy groups -OCH3 is 1. The Kier molecular flexibility index (Phi) is 5.85. The van der Waals surface area contributed by atoms with E-state index in [1.165, 1.54) is 35.2 Å². The first-order chi connectivity index (χ1) is 16.5. The zero-order valence-electron chi connectivity index (χ0n) is 18.4. The van der Waals surface area contributed by atoms with E-state index in [0.29, 0.717) is 28.0 Å². The summed E-state index contributed by atoms with van der Waals surface area (Å²) in [5.41, 5.74) is 5.08. The first-order valence-electron chi connectivity index (χ1n) is 10.9. The Morgan fingerprint density at radius 2 is 2.09 bits per heavy atom. The largest absolute Gasteiger partial charge is 0.504 e. The maximum absolute atomic E-state index is 13.3. The summed E-state index contributed by atoms with van der Waals surface area (Å²) >= 11 is 1.61. The molecule has 0 spiro atoms. The molecule has 0 saturated carbocycles. The van der Waals surface area contributed by atoms with Crippen LogP contribution >= 0.6 is 11.3 Å². The molecule has 1 aliphatic carbocycles. The predicted molar refractivity (Wildman–Crippen MR) is 132 cm³/mol. The highest BCUT2D eigenvalue weighted by atomic mass is 32.1. The molecule has 1 aliphatic rings. The van der Waals surface area contributed by atoms with Crippen LogP contribution in [0.1, 0.15) is 39.2 Å². The van der Waals surface area contributed by atoms with Gasteiger partial charge < -0.3 is 9.84 Å². The van der Waals surface area contributed by atoms with E-state index in [4.69, 9.17) is 4.74 Å². The van der Waals surface area contributed by atoms with Crippen molar-refractivity contribution in [3.05, 3.63) is 80.7 Å². The number of nitrogens with zero attached hydrogens (tertiary/aromatic N) is 3. The maximum Gasteiger partial charge on any atom is 0.271 e. The second-order valence-electron chi connectivity index (χ2n) is 7.99. The summed E-state index contributed by atoms with van der Waals surface area (Å²) in [6.45, 7) is 0. The first kappa shape index (κ1) is 21.8. The number of nitrogens with one attached hydrogen (secondary N) is 1. The lowest BCUT2D eigenvalue weighted by Crippen LogP contribution is -2.21. The Morgan fingerprint density at radius 1 is 1.24 bits per heavy atom. The highest BCUT2D eigenvalue weighted by Crippen LogP contribution is 2.33. The molecular formula is C25H22N4O4S. The zero-order valence-corrected chi connectivity index (χ0v) is 19.3. The summed E-state index contributed by atoms with van der Waals surface area (Å²) in [6, 6.07) is 11.5. The Hall–Kier alpha value is -3.98. The van der Waals surface area contributed by atoms with Crippen molar-refractivity contribution in [1.29, 1.82) is 0 Å². The number of fused-ring (bicyclic) bond motifs is 3. The van der Waals surface area contributed by atoms with Crippen molar-refractivity contribution < 1.29 is 14.6 Å². The van der Waals surface area contributed by atoms with Crippen LogP contribution in [0.2, 0.25) is 0 Å². The Balaban J connectivity index is 1.39. The summed E-state index contributed by atoms with van der Waals surface area (Å²) in [5.74, 6) is -0.0869. The molecule has 0 radical (unpaired) electrons. The minimum atomic E-state index is -0.418. The van der Waals surface area contributed by atoms with E-state index < -0.39 is 5.91 Å². The molecule has 2 aromatic heterocycles. The number of phenols is 1. The van der Waals surface area contributed by atoms with Gasteiger partial charge in [0, 0.05) is 10.4 Å². The molecular weight excluding hydrogens is 452 g/mol. The molecule has 34 heavy (non-hydrogen) atoms. The fraction of sp³-hybridized carbons (Fsp3) is 0.200. The minimum absolute atomic E-state index is 0.0198. The number of aromatic nitrogens is 2. The first-order valence-corrected chi connectivity index (χ1v) is 11.7.